The van der Waals surface area contributed by atoms with Gasteiger partial charge >= 0.3 is 5.97 Å². The van der Waals surface area contributed by atoms with E-state index in [1.807, 2.05) is 27.7 Å². The minimum absolute atomic E-state index is 0.252. The van der Waals surface area contributed by atoms with E-state index >= 15 is 0 Å². The van der Waals surface area contributed by atoms with E-state index in [1.165, 1.54) is 18.7 Å². The maximum atomic E-state index is 13.2. The molecule has 0 aromatic carbocycles. The number of carbonyl (C=O) groups is 1. The third-order valence-electron chi connectivity index (χ3n) is 2.92. The van der Waals surface area contributed by atoms with Crippen LogP contribution in [0.1, 0.15) is 54.4 Å². The second-order valence-corrected chi connectivity index (χ2v) is 9.16. The van der Waals surface area contributed by atoms with Crippen LogP contribution in [-0.4, -0.2) is 40.4 Å². The van der Waals surface area contributed by atoms with Crippen LogP contribution in [0.25, 0.3) is 0 Å². The standard InChI is InChI=1S/C14H30NO4P/c1-7-9-20(18,10-8-2)15(11-12(3)4)19-14(5,6)13(16)17/h12H,7-11H2,1-6H3,(H,16,17). The highest BCUT2D eigenvalue weighted by Gasteiger charge is 2.38. The molecule has 0 amide bonds. The van der Waals surface area contributed by atoms with Crippen molar-refractivity contribution in [2.75, 3.05) is 18.9 Å². The van der Waals surface area contributed by atoms with Crippen molar-refractivity contribution in [3.63, 3.8) is 0 Å². The second-order valence-electron chi connectivity index (χ2n) is 6.13. The first kappa shape index (κ1) is 19.6. The van der Waals surface area contributed by atoms with Crippen molar-refractivity contribution in [2.24, 2.45) is 5.92 Å². The number of aliphatic carboxylic acids is 1. The average molecular weight is 307 g/mol. The number of rotatable bonds is 10. The zero-order chi connectivity index (χ0) is 16.0. The predicted molar refractivity (Wildman–Crippen MR) is 82.3 cm³/mol. The molecule has 0 saturated heterocycles. The van der Waals surface area contributed by atoms with Crippen LogP contribution in [0.5, 0.6) is 0 Å². The molecule has 1 N–H and O–H groups in total. The molecular formula is C14H30NO4P. The normalized spacial score (nSPS) is 13.2. The van der Waals surface area contributed by atoms with Crippen molar-refractivity contribution in [3.8, 4) is 0 Å². The van der Waals surface area contributed by atoms with Gasteiger partial charge < -0.3 is 9.67 Å². The van der Waals surface area contributed by atoms with E-state index in [1.54, 1.807) is 0 Å². The minimum Gasteiger partial charge on any atom is -0.479 e. The molecule has 0 aliphatic rings. The van der Waals surface area contributed by atoms with Gasteiger partial charge in [-0.05, 0) is 32.6 Å². The maximum Gasteiger partial charge on any atom is 0.337 e. The van der Waals surface area contributed by atoms with E-state index in [2.05, 4.69) is 0 Å². The molecule has 0 heterocycles. The van der Waals surface area contributed by atoms with Gasteiger partial charge in [0.2, 0.25) is 0 Å². The molecule has 20 heavy (non-hydrogen) atoms. The highest BCUT2D eigenvalue weighted by molar-refractivity contribution is 7.61. The molecule has 0 fully saturated rings. The highest BCUT2D eigenvalue weighted by atomic mass is 31.2. The minimum atomic E-state index is -2.67. The zero-order valence-corrected chi connectivity index (χ0v) is 14.6. The molecule has 0 unspecified atom stereocenters. The highest BCUT2D eigenvalue weighted by Crippen LogP contribution is 2.52. The molecule has 6 heteroatoms. The third-order valence-corrected chi connectivity index (χ3v) is 6.27. The van der Waals surface area contributed by atoms with Gasteiger partial charge in [-0.25, -0.2) is 4.79 Å². The summed E-state index contributed by atoms with van der Waals surface area (Å²) in [4.78, 5) is 18.4. The van der Waals surface area contributed by atoms with E-state index in [0.717, 1.165) is 12.8 Å². The second kappa shape index (κ2) is 8.16. The van der Waals surface area contributed by atoms with Gasteiger partial charge in [0.15, 0.2) is 12.9 Å². The lowest BCUT2D eigenvalue weighted by molar-refractivity contribution is -0.206. The Labute approximate surface area is 123 Å². The van der Waals surface area contributed by atoms with Gasteiger partial charge in [0.05, 0.1) is 0 Å². The summed E-state index contributed by atoms with van der Waals surface area (Å²) in [6.07, 6.45) is 2.71. The molecule has 5 nitrogen and oxygen atoms in total. The van der Waals surface area contributed by atoms with E-state index < -0.39 is 18.9 Å². The Morgan fingerprint density at radius 3 is 2.00 bits per heavy atom. The molecule has 0 rings (SSSR count). The number of nitrogens with zero attached hydrogens (tertiary/aromatic N) is 1. The first-order chi connectivity index (χ1) is 9.09. The van der Waals surface area contributed by atoms with Crippen LogP contribution in [0.2, 0.25) is 0 Å². The molecule has 0 aliphatic carbocycles. The zero-order valence-electron chi connectivity index (χ0n) is 13.7. The summed E-state index contributed by atoms with van der Waals surface area (Å²) in [6.45, 7) is 11.4. The number of carboxylic acids is 1. The van der Waals surface area contributed by atoms with Crippen LogP contribution in [0.15, 0.2) is 0 Å². The average Bonchev–Trinajstić information content (AvgIpc) is 2.27. The molecule has 0 spiro atoms. The van der Waals surface area contributed by atoms with Crippen LogP contribution in [0.4, 0.5) is 0 Å². The predicted octanol–water partition coefficient (Wildman–Crippen LogP) is 3.84. The fourth-order valence-corrected chi connectivity index (χ4v) is 4.95. The number of carboxylic acid groups (broad SMARTS) is 1. The third kappa shape index (κ3) is 5.94. The van der Waals surface area contributed by atoms with Gasteiger partial charge in [0.25, 0.3) is 0 Å². The van der Waals surface area contributed by atoms with Crippen LogP contribution >= 0.6 is 7.29 Å². The molecule has 0 radical (unpaired) electrons. The van der Waals surface area contributed by atoms with Gasteiger partial charge in [0, 0.05) is 18.9 Å². The quantitative estimate of drug-likeness (QED) is 0.490. The molecule has 0 aliphatic heterocycles. The Morgan fingerprint density at radius 2 is 1.70 bits per heavy atom. The van der Waals surface area contributed by atoms with Gasteiger partial charge in [-0.3, -0.25) is 4.84 Å². The first-order valence-corrected chi connectivity index (χ1v) is 9.40. The van der Waals surface area contributed by atoms with E-state index in [9.17, 15) is 14.5 Å². The van der Waals surface area contributed by atoms with Crippen LogP contribution in [-0.2, 0) is 14.2 Å². The van der Waals surface area contributed by atoms with Crippen molar-refractivity contribution in [3.05, 3.63) is 0 Å². The maximum absolute atomic E-state index is 13.2. The van der Waals surface area contributed by atoms with Gasteiger partial charge in [-0.1, -0.05) is 27.7 Å². The summed E-state index contributed by atoms with van der Waals surface area (Å²) in [5.74, 6) is -0.799. The molecule has 0 bridgehead atoms. The monoisotopic (exact) mass is 307 g/mol. The van der Waals surface area contributed by atoms with Gasteiger partial charge in [0.1, 0.15) is 0 Å². The molecule has 0 saturated carbocycles. The van der Waals surface area contributed by atoms with E-state index in [4.69, 9.17) is 4.84 Å². The van der Waals surface area contributed by atoms with Crippen molar-refractivity contribution < 1.29 is 19.3 Å². The number of hydrogen-bond acceptors (Lipinski definition) is 3. The summed E-state index contributed by atoms with van der Waals surface area (Å²) < 4.78 is 13.2. The molecule has 0 aromatic rings. The summed E-state index contributed by atoms with van der Waals surface area (Å²) in [7, 11) is -2.67. The summed E-state index contributed by atoms with van der Waals surface area (Å²) in [6, 6.07) is 0. The lowest BCUT2D eigenvalue weighted by Crippen LogP contribution is -2.42. The number of hydroxylamine groups is 1. The van der Waals surface area contributed by atoms with Crippen LogP contribution < -0.4 is 0 Å². The Morgan fingerprint density at radius 1 is 1.25 bits per heavy atom. The lowest BCUT2D eigenvalue weighted by Gasteiger charge is -2.36. The van der Waals surface area contributed by atoms with Crippen LogP contribution in [0, 0.1) is 5.92 Å². The SMILES string of the molecule is CCCP(=O)(CCC)N(CC(C)C)OC(C)(C)C(=O)O. The number of hydrogen-bond donors (Lipinski definition) is 1. The van der Waals surface area contributed by atoms with E-state index in [-0.39, 0.29) is 5.92 Å². The molecule has 120 valence electrons. The summed E-state index contributed by atoms with van der Waals surface area (Å²) >= 11 is 0. The first-order valence-electron chi connectivity index (χ1n) is 7.37. The van der Waals surface area contributed by atoms with Gasteiger partial charge in [-0.2, -0.15) is 0 Å². The fraction of sp³-hybridized carbons (Fsp3) is 0.929. The Balaban J connectivity index is 5.30. The van der Waals surface area contributed by atoms with Crippen LogP contribution in [0.3, 0.4) is 0 Å². The van der Waals surface area contributed by atoms with Gasteiger partial charge in [-0.15, -0.1) is 4.83 Å². The lowest BCUT2D eigenvalue weighted by atomic mass is 10.1. The van der Waals surface area contributed by atoms with Crippen molar-refractivity contribution in [1.82, 2.24) is 4.83 Å². The smallest absolute Gasteiger partial charge is 0.337 e. The largest absolute Gasteiger partial charge is 0.479 e. The molecule has 0 atom stereocenters. The van der Waals surface area contributed by atoms with E-state index in [0.29, 0.717) is 18.9 Å². The fourth-order valence-electron chi connectivity index (χ4n) is 1.91. The Hall–Kier alpha value is -0.380. The Bertz CT molecular complexity index is 345. The molecular weight excluding hydrogens is 277 g/mol. The molecule has 0 aromatic heterocycles. The summed E-state index contributed by atoms with van der Waals surface area (Å²) in [5.41, 5.74) is -1.37. The summed E-state index contributed by atoms with van der Waals surface area (Å²) in [5, 5.41) is 9.21. The van der Waals surface area contributed by atoms with Crippen molar-refractivity contribution in [1.29, 1.82) is 0 Å². The van der Waals surface area contributed by atoms with Crippen molar-refractivity contribution in [2.45, 2.75) is 60.0 Å². The van der Waals surface area contributed by atoms with Crippen molar-refractivity contribution >= 4 is 13.3 Å². The Kier molecular flexibility index (Phi) is 8.00. The topological polar surface area (TPSA) is 66.8 Å².